The second kappa shape index (κ2) is 14.9. The van der Waals surface area contributed by atoms with Gasteiger partial charge in [-0.05, 0) is 18.8 Å². The Balaban J connectivity index is 3.02. The van der Waals surface area contributed by atoms with Crippen molar-refractivity contribution in [2.45, 2.75) is 52.9 Å². The molecular weight excluding hydrogens is 228 g/mol. The molecule has 1 unspecified atom stereocenters. The van der Waals surface area contributed by atoms with Crippen molar-refractivity contribution in [1.29, 1.82) is 0 Å². The number of unbranched alkanes of at least 4 members (excludes halogenated alkanes) is 2. The molecule has 0 aromatic carbocycles. The van der Waals surface area contributed by atoms with E-state index in [1.165, 1.54) is 25.7 Å². The van der Waals surface area contributed by atoms with E-state index >= 15 is 0 Å². The molecule has 0 aromatic heterocycles. The molecule has 0 saturated carbocycles. The molecular formula is C15H32O3. The molecule has 3 nitrogen and oxygen atoms in total. The van der Waals surface area contributed by atoms with Gasteiger partial charge in [0.2, 0.25) is 0 Å². The van der Waals surface area contributed by atoms with Gasteiger partial charge in [-0.2, -0.15) is 0 Å². The third-order valence-corrected chi connectivity index (χ3v) is 2.84. The number of hydrogen-bond acceptors (Lipinski definition) is 3. The molecule has 0 aromatic rings. The van der Waals surface area contributed by atoms with Crippen LogP contribution in [0.4, 0.5) is 0 Å². The number of hydrogen-bond donors (Lipinski definition) is 0. The Morgan fingerprint density at radius 2 is 1.28 bits per heavy atom. The van der Waals surface area contributed by atoms with Crippen LogP contribution in [0.1, 0.15) is 52.9 Å². The lowest BCUT2D eigenvalue weighted by Crippen LogP contribution is -2.12. The van der Waals surface area contributed by atoms with Crippen molar-refractivity contribution in [3.8, 4) is 0 Å². The largest absolute Gasteiger partial charge is 0.379 e. The summed E-state index contributed by atoms with van der Waals surface area (Å²) in [5.74, 6) is 0.669. The third kappa shape index (κ3) is 13.9. The van der Waals surface area contributed by atoms with Crippen LogP contribution in [0.2, 0.25) is 0 Å². The van der Waals surface area contributed by atoms with Gasteiger partial charge >= 0.3 is 0 Å². The van der Waals surface area contributed by atoms with Crippen LogP contribution in [0.25, 0.3) is 0 Å². The molecule has 0 aliphatic carbocycles. The highest BCUT2D eigenvalue weighted by Crippen LogP contribution is 2.07. The second-order valence-corrected chi connectivity index (χ2v) is 4.90. The second-order valence-electron chi connectivity index (χ2n) is 4.90. The summed E-state index contributed by atoms with van der Waals surface area (Å²) >= 11 is 0. The Labute approximate surface area is 113 Å². The van der Waals surface area contributed by atoms with Crippen LogP contribution in [0, 0.1) is 5.92 Å². The lowest BCUT2D eigenvalue weighted by atomic mass is 10.1. The third-order valence-electron chi connectivity index (χ3n) is 2.84. The topological polar surface area (TPSA) is 27.7 Å². The molecule has 0 fully saturated rings. The van der Waals surface area contributed by atoms with Crippen LogP contribution in [-0.4, -0.2) is 39.6 Å². The van der Waals surface area contributed by atoms with Crippen LogP contribution >= 0.6 is 0 Å². The molecule has 0 N–H and O–H groups in total. The highest BCUT2D eigenvalue weighted by Gasteiger charge is 2.00. The first kappa shape index (κ1) is 17.9. The minimum absolute atomic E-state index is 0.669. The van der Waals surface area contributed by atoms with Gasteiger partial charge in [-0.3, -0.25) is 0 Å². The zero-order valence-electron chi connectivity index (χ0n) is 12.6. The first-order chi connectivity index (χ1) is 8.81. The van der Waals surface area contributed by atoms with E-state index in [0.29, 0.717) is 32.3 Å². The lowest BCUT2D eigenvalue weighted by molar-refractivity contribution is 0.00745. The maximum Gasteiger partial charge on any atom is 0.0701 e. The molecule has 0 rings (SSSR count). The molecule has 0 radical (unpaired) electrons. The maximum absolute atomic E-state index is 5.57. The van der Waals surface area contributed by atoms with Crippen molar-refractivity contribution in [3.05, 3.63) is 0 Å². The molecule has 0 aliphatic heterocycles. The predicted octanol–water partition coefficient (Wildman–Crippen LogP) is 3.66. The van der Waals surface area contributed by atoms with Crippen LogP contribution < -0.4 is 0 Å². The average molecular weight is 260 g/mol. The van der Waals surface area contributed by atoms with Crippen molar-refractivity contribution in [2.75, 3.05) is 39.6 Å². The summed E-state index contributed by atoms with van der Waals surface area (Å²) in [5.41, 5.74) is 0. The zero-order valence-corrected chi connectivity index (χ0v) is 12.6. The summed E-state index contributed by atoms with van der Waals surface area (Å²) in [7, 11) is 0. The monoisotopic (exact) mass is 260 g/mol. The van der Waals surface area contributed by atoms with E-state index in [9.17, 15) is 0 Å². The summed E-state index contributed by atoms with van der Waals surface area (Å²) in [6.07, 6.45) is 6.16. The Hall–Kier alpha value is -0.120. The molecule has 0 heterocycles. The summed E-state index contributed by atoms with van der Waals surface area (Å²) in [6.45, 7) is 11.1. The van der Waals surface area contributed by atoms with E-state index in [-0.39, 0.29) is 0 Å². The minimum atomic E-state index is 0.669. The molecule has 0 aliphatic rings. The molecule has 1 atom stereocenters. The van der Waals surface area contributed by atoms with E-state index in [4.69, 9.17) is 14.2 Å². The predicted molar refractivity (Wildman–Crippen MR) is 76.1 cm³/mol. The highest BCUT2D eigenvalue weighted by atomic mass is 16.5. The Kier molecular flexibility index (Phi) is 14.8. The summed E-state index contributed by atoms with van der Waals surface area (Å²) in [6, 6.07) is 0. The summed E-state index contributed by atoms with van der Waals surface area (Å²) < 4.78 is 16.4. The van der Waals surface area contributed by atoms with E-state index in [0.717, 1.165) is 19.6 Å². The van der Waals surface area contributed by atoms with Crippen LogP contribution in [0.15, 0.2) is 0 Å². The van der Waals surface area contributed by atoms with E-state index in [1.807, 2.05) is 0 Å². The average Bonchev–Trinajstić information content (AvgIpc) is 2.38. The van der Waals surface area contributed by atoms with E-state index < -0.39 is 0 Å². The van der Waals surface area contributed by atoms with Gasteiger partial charge in [0.25, 0.3) is 0 Å². The highest BCUT2D eigenvalue weighted by molar-refractivity contribution is 4.50. The van der Waals surface area contributed by atoms with Gasteiger partial charge in [0, 0.05) is 13.2 Å². The molecule has 3 heteroatoms. The molecule has 0 bridgehead atoms. The van der Waals surface area contributed by atoms with Crippen molar-refractivity contribution in [1.82, 2.24) is 0 Å². The van der Waals surface area contributed by atoms with Crippen molar-refractivity contribution in [3.63, 3.8) is 0 Å². The zero-order chi connectivity index (χ0) is 13.5. The summed E-state index contributed by atoms with van der Waals surface area (Å²) in [4.78, 5) is 0. The maximum atomic E-state index is 5.57. The normalized spacial score (nSPS) is 12.8. The molecule has 0 saturated heterocycles. The lowest BCUT2D eigenvalue weighted by Gasteiger charge is -2.11. The van der Waals surface area contributed by atoms with Gasteiger partial charge in [-0.25, -0.2) is 0 Å². The van der Waals surface area contributed by atoms with E-state index in [1.54, 1.807) is 0 Å². The SMILES string of the molecule is CCCCOCCOCCOCC(C)CCCC. The van der Waals surface area contributed by atoms with Crippen molar-refractivity contribution in [2.24, 2.45) is 5.92 Å². The molecule has 110 valence electrons. The number of ether oxygens (including phenoxy) is 3. The van der Waals surface area contributed by atoms with Gasteiger partial charge in [-0.1, -0.05) is 40.0 Å². The Bertz CT molecular complexity index is 151. The first-order valence-electron chi connectivity index (χ1n) is 7.54. The Morgan fingerprint density at radius 3 is 1.89 bits per heavy atom. The van der Waals surface area contributed by atoms with Crippen LogP contribution in [-0.2, 0) is 14.2 Å². The van der Waals surface area contributed by atoms with Crippen LogP contribution in [0.5, 0.6) is 0 Å². The van der Waals surface area contributed by atoms with Gasteiger partial charge in [0.05, 0.1) is 26.4 Å². The van der Waals surface area contributed by atoms with Crippen molar-refractivity contribution < 1.29 is 14.2 Å². The fraction of sp³-hybridized carbons (Fsp3) is 1.00. The standard InChI is InChI=1S/C15H32O3/c1-4-6-8-15(3)14-18-13-12-17-11-10-16-9-7-5-2/h15H,4-14H2,1-3H3. The van der Waals surface area contributed by atoms with Gasteiger partial charge in [0.15, 0.2) is 0 Å². The van der Waals surface area contributed by atoms with Crippen LogP contribution in [0.3, 0.4) is 0 Å². The fourth-order valence-electron chi connectivity index (χ4n) is 1.61. The summed E-state index contributed by atoms with van der Waals surface area (Å²) in [5, 5.41) is 0. The number of rotatable bonds is 14. The minimum Gasteiger partial charge on any atom is -0.379 e. The Morgan fingerprint density at radius 1 is 0.722 bits per heavy atom. The fourth-order valence-corrected chi connectivity index (χ4v) is 1.61. The quantitative estimate of drug-likeness (QED) is 0.446. The van der Waals surface area contributed by atoms with Gasteiger partial charge in [-0.15, -0.1) is 0 Å². The molecule has 0 amide bonds. The van der Waals surface area contributed by atoms with E-state index in [2.05, 4.69) is 20.8 Å². The van der Waals surface area contributed by atoms with Crippen molar-refractivity contribution >= 4 is 0 Å². The first-order valence-corrected chi connectivity index (χ1v) is 7.54. The van der Waals surface area contributed by atoms with Gasteiger partial charge in [0.1, 0.15) is 0 Å². The van der Waals surface area contributed by atoms with Gasteiger partial charge < -0.3 is 14.2 Å². The smallest absolute Gasteiger partial charge is 0.0701 e. The molecule has 0 spiro atoms. The molecule has 18 heavy (non-hydrogen) atoms.